The number of amides is 2. The molecule has 0 heterocycles. The second kappa shape index (κ2) is 10.9. The predicted molar refractivity (Wildman–Crippen MR) is 124 cm³/mol. The van der Waals surface area contributed by atoms with Crippen LogP contribution in [0.1, 0.15) is 36.6 Å². The van der Waals surface area contributed by atoms with Crippen LogP contribution in [0.2, 0.25) is 5.02 Å². The average molecular weight is 453 g/mol. The molecule has 0 bridgehead atoms. The summed E-state index contributed by atoms with van der Waals surface area (Å²) in [6.45, 7) is 4.09. The molecule has 0 aliphatic rings. The van der Waals surface area contributed by atoms with E-state index in [2.05, 4.69) is 5.32 Å². The second-order valence-corrected chi connectivity index (χ2v) is 8.34. The van der Waals surface area contributed by atoms with Crippen molar-refractivity contribution in [2.24, 2.45) is 5.92 Å². The molecule has 3 aromatic rings. The fourth-order valence-electron chi connectivity index (χ4n) is 3.41. The standard InChI is InChI=1S/C26H26ClFN2O2/c1-18(2)26(32)30(17-20-10-14-23(28)15-11-20)24(21-6-4-3-5-7-21)25(31)29-16-19-8-12-22(27)13-9-19/h3-15,18,24H,16-17H2,1-2H3,(H,29,31). The van der Waals surface area contributed by atoms with Crippen LogP contribution < -0.4 is 5.32 Å². The molecule has 1 unspecified atom stereocenters. The van der Waals surface area contributed by atoms with Crippen molar-refractivity contribution < 1.29 is 14.0 Å². The molecule has 0 radical (unpaired) electrons. The van der Waals surface area contributed by atoms with E-state index in [0.29, 0.717) is 17.1 Å². The Morgan fingerprint density at radius 2 is 1.50 bits per heavy atom. The third kappa shape index (κ3) is 6.17. The number of benzene rings is 3. The van der Waals surface area contributed by atoms with E-state index in [1.165, 1.54) is 12.1 Å². The molecule has 1 atom stereocenters. The maximum Gasteiger partial charge on any atom is 0.247 e. The molecule has 0 fully saturated rings. The lowest BCUT2D eigenvalue weighted by molar-refractivity contribution is -0.144. The first kappa shape index (κ1) is 23.5. The summed E-state index contributed by atoms with van der Waals surface area (Å²) >= 11 is 5.94. The van der Waals surface area contributed by atoms with Crippen molar-refractivity contribution in [3.8, 4) is 0 Å². The molecule has 2 amide bonds. The number of rotatable bonds is 8. The minimum Gasteiger partial charge on any atom is -0.350 e. The first-order chi connectivity index (χ1) is 15.3. The zero-order chi connectivity index (χ0) is 23.1. The topological polar surface area (TPSA) is 49.4 Å². The molecule has 0 saturated heterocycles. The van der Waals surface area contributed by atoms with Gasteiger partial charge in [0.15, 0.2) is 0 Å². The first-order valence-corrected chi connectivity index (χ1v) is 10.8. The van der Waals surface area contributed by atoms with E-state index in [-0.39, 0.29) is 30.1 Å². The highest BCUT2D eigenvalue weighted by atomic mass is 35.5. The summed E-state index contributed by atoms with van der Waals surface area (Å²) in [7, 11) is 0. The van der Waals surface area contributed by atoms with Crippen molar-refractivity contribution in [3.05, 3.63) is 106 Å². The van der Waals surface area contributed by atoms with E-state index in [9.17, 15) is 14.0 Å². The fraction of sp³-hybridized carbons (Fsp3) is 0.231. The van der Waals surface area contributed by atoms with E-state index < -0.39 is 6.04 Å². The van der Waals surface area contributed by atoms with Gasteiger partial charge in [-0.15, -0.1) is 0 Å². The smallest absolute Gasteiger partial charge is 0.247 e. The molecule has 6 heteroatoms. The number of halogens is 2. The molecule has 0 aromatic heterocycles. The van der Waals surface area contributed by atoms with E-state index >= 15 is 0 Å². The van der Waals surface area contributed by atoms with E-state index in [4.69, 9.17) is 11.6 Å². The van der Waals surface area contributed by atoms with E-state index in [0.717, 1.165) is 11.1 Å². The molecule has 0 saturated carbocycles. The summed E-state index contributed by atoms with van der Waals surface area (Å²) in [6, 6.07) is 21.5. The van der Waals surface area contributed by atoms with Crippen LogP contribution in [-0.4, -0.2) is 16.7 Å². The van der Waals surface area contributed by atoms with Gasteiger partial charge >= 0.3 is 0 Å². The summed E-state index contributed by atoms with van der Waals surface area (Å²) in [5.74, 6) is -1.12. The van der Waals surface area contributed by atoms with Crippen molar-refractivity contribution in [3.63, 3.8) is 0 Å². The van der Waals surface area contributed by atoms with Crippen molar-refractivity contribution >= 4 is 23.4 Å². The fourth-order valence-corrected chi connectivity index (χ4v) is 3.54. The Morgan fingerprint density at radius 3 is 2.09 bits per heavy atom. The van der Waals surface area contributed by atoms with Crippen LogP contribution in [0, 0.1) is 11.7 Å². The molecular formula is C26H26ClFN2O2. The van der Waals surface area contributed by atoms with Crippen LogP contribution in [0.3, 0.4) is 0 Å². The van der Waals surface area contributed by atoms with Gasteiger partial charge in [-0.05, 0) is 41.0 Å². The Kier molecular flexibility index (Phi) is 8.01. The van der Waals surface area contributed by atoms with Crippen molar-refractivity contribution in [2.45, 2.75) is 33.0 Å². The maximum absolute atomic E-state index is 13.4. The summed E-state index contributed by atoms with van der Waals surface area (Å²) in [5, 5.41) is 3.57. The number of carbonyl (C=O) groups excluding carboxylic acids is 2. The van der Waals surface area contributed by atoms with Gasteiger partial charge in [-0.2, -0.15) is 0 Å². The Hall–Kier alpha value is -3.18. The molecule has 4 nitrogen and oxygen atoms in total. The first-order valence-electron chi connectivity index (χ1n) is 10.5. The van der Waals surface area contributed by atoms with Crippen LogP contribution in [0.25, 0.3) is 0 Å². The van der Waals surface area contributed by atoms with Gasteiger partial charge in [-0.25, -0.2) is 4.39 Å². The number of nitrogens with zero attached hydrogens (tertiary/aromatic N) is 1. The highest BCUT2D eigenvalue weighted by molar-refractivity contribution is 6.30. The highest BCUT2D eigenvalue weighted by Crippen LogP contribution is 2.26. The van der Waals surface area contributed by atoms with Gasteiger partial charge in [0.05, 0.1) is 0 Å². The zero-order valence-corrected chi connectivity index (χ0v) is 18.9. The van der Waals surface area contributed by atoms with Crippen molar-refractivity contribution in [2.75, 3.05) is 0 Å². The minimum absolute atomic E-state index is 0.162. The highest BCUT2D eigenvalue weighted by Gasteiger charge is 2.32. The molecule has 3 rings (SSSR count). The van der Waals surface area contributed by atoms with Gasteiger partial charge in [0.1, 0.15) is 11.9 Å². The Morgan fingerprint density at radius 1 is 0.906 bits per heavy atom. The third-order valence-electron chi connectivity index (χ3n) is 5.10. The molecule has 32 heavy (non-hydrogen) atoms. The van der Waals surface area contributed by atoms with Crippen LogP contribution in [0.15, 0.2) is 78.9 Å². The van der Waals surface area contributed by atoms with E-state index in [1.54, 1.807) is 43.0 Å². The summed E-state index contributed by atoms with van der Waals surface area (Å²) < 4.78 is 13.4. The molecular weight excluding hydrogens is 427 g/mol. The number of nitrogens with one attached hydrogen (secondary N) is 1. The van der Waals surface area contributed by atoms with Crippen LogP contribution in [0.4, 0.5) is 4.39 Å². The van der Waals surface area contributed by atoms with Gasteiger partial charge in [-0.3, -0.25) is 9.59 Å². The molecule has 0 spiro atoms. The lowest BCUT2D eigenvalue weighted by Gasteiger charge is -2.33. The lowest BCUT2D eigenvalue weighted by Crippen LogP contribution is -2.44. The van der Waals surface area contributed by atoms with Gasteiger partial charge in [0.2, 0.25) is 11.8 Å². The van der Waals surface area contributed by atoms with Crippen molar-refractivity contribution in [1.29, 1.82) is 0 Å². The predicted octanol–water partition coefficient (Wildman–Crippen LogP) is 5.52. The average Bonchev–Trinajstić information content (AvgIpc) is 2.79. The molecule has 1 N–H and O–H groups in total. The molecule has 3 aromatic carbocycles. The molecule has 0 aliphatic heterocycles. The molecule has 0 aliphatic carbocycles. The Bertz CT molecular complexity index is 1040. The Balaban J connectivity index is 1.92. The summed E-state index contributed by atoms with van der Waals surface area (Å²) in [6.07, 6.45) is 0. The van der Waals surface area contributed by atoms with E-state index in [1.807, 2.05) is 42.5 Å². The van der Waals surface area contributed by atoms with Crippen molar-refractivity contribution in [1.82, 2.24) is 10.2 Å². The van der Waals surface area contributed by atoms with Gasteiger partial charge in [0, 0.05) is 24.0 Å². The SMILES string of the molecule is CC(C)C(=O)N(Cc1ccc(F)cc1)C(C(=O)NCc1ccc(Cl)cc1)c1ccccc1. The monoisotopic (exact) mass is 452 g/mol. The third-order valence-corrected chi connectivity index (χ3v) is 5.35. The minimum atomic E-state index is -0.830. The molecule has 166 valence electrons. The van der Waals surface area contributed by atoms with Crippen LogP contribution in [0.5, 0.6) is 0 Å². The van der Waals surface area contributed by atoms with Gasteiger partial charge in [-0.1, -0.05) is 80.0 Å². The van der Waals surface area contributed by atoms with Gasteiger partial charge in [0.25, 0.3) is 0 Å². The Labute approximate surface area is 193 Å². The number of carbonyl (C=O) groups is 2. The van der Waals surface area contributed by atoms with Crippen LogP contribution >= 0.6 is 11.6 Å². The van der Waals surface area contributed by atoms with Gasteiger partial charge < -0.3 is 10.2 Å². The normalized spacial score (nSPS) is 11.8. The zero-order valence-electron chi connectivity index (χ0n) is 18.1. The lowest BCUT2D eigenvalue weighted by atomic mass is 10.0. The quantitative estimate of drug-likeness (QED) is 0.489. The maximum atomic E-state index is 13.4. The largest absolute Gasteiger partial charge is 0.350 e. The second-order valence-electron chi connectivity index (χ2n) is 7.90. The number of hydrogen-bond acceptors (Lipinski definition) is 2. The van der Waals surface area contributed by atoms with Crippen LogP contribution in [-0.2, 0) is 22.7 Å². The number of hydrogen-bond donors (Lipinski definition) is 1. The summed E-state index contributed by atoms with van der Waals surface area (Å²) in [5.41, 5.74) is 2.35. The summed E-state index contributed by atoms with van der Waals surface area (Å²) in [4.78, 5) is 28.2.